The number of sulfonamides is 1. The molecular weight excluding hydrogens is 509 g/mol. The summed E-state index contributed by atoms with van der Waals surface area (Å²) in [4.78, 5) is 23.4. The average molecular weight is 532 g/mol. The second-order valence-electron chi connectivity index (χ2n) is 7.62. The maximum atomic E-state index is 13.5. The molecule has 0 spiro atoms. The standard InChI is InChI=1S/C21H24BrN3O6S.Li/c22-18-7-5-16(6-8-18)15-24(14-13-23-11-9-17(10-12-23)21(26)27)32(30,31)20-4-2-1-3-19(20)25(28)29;/h1-8,17H,9-15H2,(H,26,27);/q;+1/p-1. The fourth-order valence-electron chi connectivity index (χ4n) is 3.69. The maximum Gasteiger partial charge on any atom is 1.00 e. The van der Waals surface area contributed by atoms with Gasteiger partial charge in [-0.15, -0.1) is 0 Å². The summed E-state index contributed by atoms with van der Waals surface area (Å²) in [6, 6.07) is 12.5. The molecule has 1 aliphatic rings. The summed E-state index contributed by atoms with van der Waals surface area (Å²) in [6.07, 6.45) is 0.901. The third-order valence-electron chi connectivity index (χ3n) is 5.54. The fourth-order valence-corrected chi connectivity index (χ4v) is 5.53. The van der Waals surface area contributed by atoms with E-state index in [9.17, 15) is 28.4 Å². The zero-order chi connectivity index (χ0) is 23.3. The number of piperidine rings is 1. The maximum absolute atomic E-state index is 13.5. The van der Waals surface area contributed by atoms with Crippen LogP contribution in [-0.4, -0.2) is 54.7 Å². The molecule has 0 saturated carbocycles. The van der Waals surface area contributed by atoms with Crippen molar-refractivity contribution in [2.24, 2.45) is 5.92 Å². The minimum atomic E-state index is -4.16. The average Bonchev–Trinajstić information content (AvgIpc) is 2.78. The van der Waals surface area contributed by atoms with E-state index in [1.54, 1.807) is 24.3 Å². The van der Waals surface area contributed by atoms with E-state index >= 15 is 0 Å². The van der Waals surface area contributed by atoms with Crippen molar-refractivity contribution in [1.29, 1.82) is 0 Å². The molecule has 2 aromatic carbocycles. The third-order valence-corrected chi connectivity index (χ3v) is 7.96. The van der Waals surface area contributed by atoms with Crippen LogP contribution in [0.5, 0.6) is 0 Å². The molecule has 0 aromatic heterocycles. The number of hydrogen-bond acceptors (Lipinski definition) is 7. The number of carboxylic acid groups (broad SMARTS) is 1. The Bertz CT molecular complexity index is 1080. The molecule has 9 nitrogen and oxygen atoms in total. The van der Waals surface area contributed by atoms with Crippen LogP contribution in [0, 0.1) is 16.0 Å². The van der Waals surface area contributed by atoms with Crippen LogP contribution in [0.1, 0.15) is 18.4 Å². The van der Waals surface area contributed by atoms with Gasteiger partial charge >= 0.3 is 18.9 Å². The summed E-state index contributed by atoms with van der Waals surface area (Å²) >= 11 is 3.35. The van der Waals surface area contributed by atoms with Crippen molar-refractivity contribution in [3.63, 3.8) is 0 Å². The second-order valence-corrected chi connectivity index (χ2v) is 10.4. The number of rotatable bonds is 9. The van der Waals surface area contributed by atoms with E-state index in [0.717, 1.165) is 10.0 Å². The number of carbonyl (C=O) groups excluding carboxylic acids is 1. The van der Waals surface area contributed by atoms with E-state index in [4.69, 9.17) is 0 Å². The van der Waals surface area contributed by atoms with Crippen molar-refractivity contribution >= 4 is 37.6 Å². The number of carbonyl (C=O) groups is 1. The Morgan fingerprint density at radius 3 is 2.30 bits per heavy atom. The van der Waals surface area contributed by atoms with Gasteiger partial charge in [0, 0.05) is 42.1 Å². The molecule has 1 heterocycles. The molecule has 0 unspecified atom stereocenters. The van der Waals surface area contributed by atoms with Crippen molar-refractivity contribution in [3.05, 3.63) is 68.7 Å². The second kappa shape index (κ2) is 12.1. The molecule has 2 aromatic rings. The van der Waals surface area contributed by atoms with Crippen molar-refractivity contribution in [2.45, 2.75) is 24.3 Å². The molecule has 1 fully saturated rings. The van der Waals surface area contributed by atoms with Gasteiger partial charge in [0.1, 0.15) is 0 Å². The van der Waals surface area contributed by atoms with Crippen LogP contribution >= 0.6 is 15.9 Å². The van der Waals surface area contributed by atoms with Gasteiger partial charge in [-0.25, -0.2) is 8.42 Å². The first-order chi connectivity index (χ1) is 15.2. The normalized spacial score (nSPS) is 15.2. The molecule has 33 heavy (non-hydrogen) atoms. The van der Waals surface area contributed by atoms with Crippen molar-refractivity contribution in [1.82, 2.24) is 9.21 Å². The largest absolute Gasteiger partial charge is 1.00 e. The fraction of sp³-hybridized carbons (Fsp3) is 0.381. The number of nitro groups is 1. The molecule has 1 aliphatic heterocycles. The van der Waals surface area contributed by atoms with E-state index in [1.165, 1.54) is 28.6 Å². The monoisotopic (exact) mass is 531 g/mol. The number of hydrogen-bond donors (Lipinski definition) is 0. The molecule has 12 heteroatoms. The van der Waals surface area contributed by atoms with Crippen LogP contribution in [-0.2, 0) is 21.4 Å². The summed E-state index contributed by atoms with van der Waals surface area (Å²) < 4.78 is 29.0. The SMILES string of the molecule is O=C([O-])C1CCN(CCN(Cc2ccc(Br)cc2)S(=O)(=O)c2ccccc2[N+](=O)[O-])CC1.[Li+]. The molecule has 0 atom stereocenters. The number of likely N-dealkylation sites (tertiary alicyclic amines) is 1. The Hall–Kier alpha value is -1.74. The summed E-state index contributed by atoms with van der Waals surface area (Å²) in [5.74, 6) is -1.54. The predicted octanol–water partition coefficient (Wildman–Crippen LogP) is -0.986. The smallest absolute Gasteiger partial charge is 0.550 e. The van der Waals surface area contributed by atoms with Gasteiger partial charge in [0.15, 0.2) is 4.90 Å². The molecule has 0 N–H and O–H groups in total. The Balaban J connectivity index is 0.00000385. The first-order valence-electron chi connectivity index (χ1n) is 10.1. The summed E-state index contributed by atoms with van der Waals surface area (Å²) in [5.41, 5.74) is 0.272. The van der Waals surface area contributed by atoms with E-state index in [1.807, 2.05) is 4.90 Å². The van der Waals surface area contributed by atoms with Crippen LogP contribution in [0.4, 0.5) is 5.69 Å². The molecule has 0 bridgehead atoms. The minimum Gasteiger partial charge on any atom is -0.550 e. The number of nitro benzene ring substituents is 1. The van der Waals surface area contributed by atoms with Crippen LogP contribution in [0.3, 0.4) is 0 Å². The van der Waals surface area contributed by atoms with E-state index < -0.39 is 32.5 Å². The number of benzene rings is 2. The summed E-state index contributed by atoms with van der Waals surface area (Å²) in [5, 5.41) is 22.5. The minimum absolute atomic E-state index is 0. The number of carboxylic acids is 1. The van der Waals surface area contributed by atoms with E-state index in [0.29, 0.717) is 32.5 Å². The van der Waals surface area contributed by atoms with Crippen molar-refractivity contribution in [3.8, 4) is 0 Å². The van der Waals surface area contributed by atoms with Crippen LogP contribution < -0.4 is 24.0 Å². The van der Waals surface area contributed by atoms with Crippen molar-refractivity contribution in [2.75, 3.05) is 26.2 Å². The van der Waals surface area contributed by atoms with E-state index in [-0.39, 0.29) is 36.8 Å². The van der Waals surface area contributed by atoms with Gasteiger partial charge in [-0.3, -0.25) is 10.1 Å². The van der Waals surface area contributed by atoms with Gasteiger partial charge < -0.3 is 14.8 Å². The van der Waals surface area contributed by atoms with Gasteiger partial charge in [-0.1, -0.05) is 40.2 Å². The molecule has 0 radical (unpaired) electrons. The molecule has 172 valence electrons. The quantitative estimate of drug-likeness (QED) is 0.231. The van der Waals surface area contributed by atoms with Gasteiger partial charge in [0.05, 0.1) is 4.92 Å². The van der Waals surface area contributed by atoms with Crippen molar-refractivity contribution < 1.29 is 42.1 Å². The van der Waals surface area contributed by atoms with Gasteiger partial charge in [-0.05, 0) is 49.7 Å². The van der Waals surface area contributed by atoms with Crippen LogP contribution in [0.15, 0.2) is 57.9 Å². The van der Waals surface area contributed by atoms with Crippen LogP contribution in [0.2, 0.25) is 0 Å². The molecule has 0 amide bonds. The first kappa shape index (κ1) is 27.5. The Kier molecular flexibility index (Phi) is 10.1. The zero-order valence-corrected chi connectivity index (χ0v) is 20.6. The summed E-state index contributed by atoms with van der Waals surface area (Å²) in [7, 11) is -4.16. The number of aliphatic carboxylic acids is 1. The number of nitrogens with zero attached hydrogens (tertiary/aromatic N) is 3. The van der Waals surface area contributed by atoms with Crippen LogP contribution in [0.25, 0.3) is 0 Å². The molecule has 0 aliphatic carbocycles. The molecular formula is C21H23BrLiN3O6S. The Labute approximate surface area is 213 Å². The summed E-state index contributed by atoms with van der Waals surface area (Å²) in [6.45, 7) is 1.60. The number of halogens is 1. The van der Waals surface area contributed by atoms with Gasteiger partial charge in [0.2, 0.25) is 10.0 Å². The topological polar surface area (TPSA) is 124 Å². The first-order valence-corrected chi connectivity index (χ1v) is 12.3. The van der Waals surface area contributed by atoms with Gasteiger partial charge in [0.25, 0.3) is 5.69 Å². The van der Waals surface area contributed by atoms with E-state index in [2.05, 4.69) is 15.9 Å². The number of para-hydroxylation sites is 1. The Morgan fingerprint density at radius 1 is 1.12 bits per heavy atom. The Morgan fingerprint density at radius 2 is 1.73 bits per heavy atom. The third kappa shape index (κ3) is 7.12. The molecule has 1 saturated heterocycles. The predicted molar refractivity (Wildman–Crippen MR) is 119 cm³/mol. The van der Waals surface area contributed by atoms with Gasteiger partial charge in [-0.2, -0.15) is 4.31 Å². The zero-order valence-electron chi connectivity index (χ0n) is 18.2. The molecule has 3 rings (SSSR count).